The van der Waals surface area contributed by atoms with Crippen molar-refractivity contribution in [3.63, 3.8) is 0 Å². The summed E-state index contributed by atoms with van der Waals surface area (Å²) in [6, 6.07) is 6.17. The Morgan fingerprint density at radius 1 is 1.08 bits per heavy atom. The van der Waals surface area contributed by atoms with E-state index in [2.05, 4.69) is 12.1 Å². The first-order valence-electron chi connectivity index (χ1n) is 14.4. The van der Waals surface area contributed by atoms with Crippen LogP contribution in [0.25, 0.3) is 0 Å². The highest BCUT2D eigenvalue weighted by molar-refractivity contribution is 5.83. The van der Waals surface area contributed by atoms with Gasteiger partial charge in [0.05, 0.1) is 12.2 Å². The zero-order chi connectivity index (χ0) is 27.2. The molecule has 214 valence electrons. The van der Waals surface area contributed by atoms with Crippen molar-refractivity contribution in [2.75, 3.05) is 6.79 Å². The first-order chi connectivity index (χ1) is 18.9. The van der Waals surface area contributed by atoms with Crippen molar-refractivity contribution in [3.05, 3.63) is 35.9 Å². The summed E-state index contributed by atoms with van der Waals surface area (Å²) in [6.07, 6.45) is 11.2. The van der Waals surface area contributed by atoms with Gasteiger partial charge in [0.25, 0.3) is 0 Å². The molecule has 4 aliphatic rings. The lowest BCUT2D eigenvalue weighted by Crippen LogP contribution is -2.48. The van der Waals surface area contributed by atoms with E-state index in [-0.39, 0.29) is 30.3 Å². The molecule has 2 saturated heterocycles. The van der Waals surface area contributed by atoms with E-state index in [4.69, 9.17) is 28.4 Å². The van der Waals surface area contributed by atoms with Gasteiger partial charge in [-0.05, 0) is 49.5 Å². The third-order valence-electron chi connectivity index (χ3n) is 7.92. The predicted molar refractivity (Wildman–Crippen MR) is 140 cm³/mol. The quantitative estimate of drug-likeness (QED) is 0.300. The van der Waals surface area contributed by atoms with Crippen LogP contribution in [0.1, 0.15) is 83.1 Å². The van der Waals surface area contributed by atoms with Crippen LogP contribution in [-0.4, -0.2) is 60.1 Å². The van der Waals surface area contributed by atoms with Crippen LogP contribution >= 0.6 is 0 Å². The summed E-state index contributed by atoms with van der Waals surface area (Å²) in [4.78, 5) is 23.3. The van der Waals surface area contributed by atoms with Gasteiger partial charge in [0.2, 0.25) is 6.79 Å². The minimum Gasteiger partial charge on any atom is -0.462 e. The lowest BCUT2D eigenvalue weighted by molar-refractivity contribution is -0.286. The molecule has 1 N–H and O–H groups in total. The molecule has 2 fully saturated rings. The van der Waals surface area contributed by atoms with E-state index in [1.165, 1.54) is 31.4 Å². The zero-order valence-electron chi connectivity index (χ0n) is 22.7. The van der Waals surface area contributed by atoms with Gasteiger partial charge in [-0.15, -0.1) is 0 Å². The van der Waals surface area contributed by atoms with Crippen molar-refractivity contribution >= 4 is 11.9 Å². The van der Waals surface area contributed by atoms with E-state index in [0.29, 0.717) is 38.9 Å². The van der Waals surface area contributed by atoms with Crippen LogP contribution in [0.15, 0.2) is 30.4 Å². The molecule has 4 heterocycles. The number of ether oxygens (including phenoxy) is 6. The number of benzene rings is 1. The number of hydrogen-bond donors (Lipinski definition) is 1. The molecule has 6 atom stereocenters. The second kappa shape index (κ2) is 12.7. The Bertz CT molecular complexity index is 1040. The zero-order valence-corrected chi connectivity index (χ0v) is 22.7. The number of hydrogen-bond acceptors (Lipinski definition) is 9. The number of aliphatic hydroxyl groups excluding tert-OH is 1. The summed E-state index contributed by atoms with van der Waals surface area (Å²) in [6.45, 7) is 1.70. The standard InChI is InChI=1S/C30H40O9/c1-20(31)36-24-16-23(38-30(17-24)18-28-26(39-30)12-13-29(33)37-28)15-22(32)9-7-5-3-2-4-6-8-21-10-11-25-27(14-21)35-19-34-25/h10-14,22-24,26,28,32H,2-9,15-19H2,1H3. The van der Waals surface area contributed by atoms with E-state index in [1.807, 2.05) is 6.07 Å². The first kappa shape index (κ1) is 27.9. The minimum absolute atomic E-state index is 0.308. The van der Waals surface area contributed by atoms with Gasteiger partial charge in [-0.2, -0.15) is 0 Å². The molecule has 1 spiro atoms. The van der Waals surface area contributed by atoms with Crippen LogP contribution in [0.4, 0.5) is 0 Å². The van der Waals surface area contributed by atoms with Crippen LogP contribution in [-0.2, 0) is 35.0 Å². The molecule has 0 saturated carbocycles. The molecule has 0 aromatic heterocycles. The third kappa shape index (κ3) is 7.52. The van der Waals surface area contributed by atoms with Crippen LogP contribution in [0.5, 0.6) is 11.5 Å². The molecule has 0 amide bonds. The molecule has 9 nitrogen and oxygen atoms in total. The van der Waals surface area contributed by atoms with Crippen LogP contribution in [0.2, 0.25) is 0 Å². The lowest BCUT2D eigenvalue weighted by Gasteiger charge is -2.41. The van der Waals surface area contributed by atoms with Gasteiger partial charge in [0.15, 0.2) is 17.3 Å². The van der Waals surface area contributed by atoms with Crippen molar-refractivity contribution in [2.45, 2.75) is 120 Å². The number of fused-ring (bicyclic) bond motifs is 2. The largest absolute Gasteiger partial charge is 0.462 e. The van der Waals surface area contributed by atoms with E-state index < -0.39 is 18.0 Å². The highest BCUT2D eigenvalue weighted by atomic mass is 16.7. The van der Waals surface area contributed by atoms with Crippen molar-refractivity contribution < 1.29 is 43.1 Å². The number of aliphatic hydroxyl groups is 1. The van der Waals surface area contributed by atoms with Gasteiger partial charge < -0.3 is 33.5 Å². The molecule has 1 aromatic rings. The summed E-state index contributed by atoms with van der Waals surface area (Å²) in [5.41, 5.74) is 1.28. The number of carbonyl (C=O) groups excluding carboxylic acids is 2. The number of unbranched alkanes of at least 4 members (excludes halogenated alkanes) is 5. The normalized spacial score (nSPS) is 29.7. The molecule has 39 heavy (non-hydrogen) atoms. The molecular formula is C30H40O9. The summed E-state index contributed by atoms with van der Waals surface area (Å²) >= 11 is 0. The number of carbonyl (C=O) groups is 2. The molecule has 9 heteroatoms. The van der Waals surface area contributed by atoms with Gasteiger partial charge in [0, 0.05) is 32.3 Å². The maximum Gasteiger partial charge on any atom is 0.330 e. The number of rotatable bonds is 12. The molecule has 6 unspecified atom stereocenters. The van der Waals surface area contributed by atoms with Gasteiger partial charge in [-0.25, -0.2) is 4.79 Å². The van der Waals surface area contributed by atoms with E-state index in [1.54, 1.807) is 6.08 Å². The SMILES string of the molecule is CC(=O)OC1CC(CC(O)CCCCCCCCc2ccc3c(c2)OCO3)OC2(C1)CC1OC(=O)C=CC1O2. The summed E-state index contributed by atoms with van der Waals surface area (Å²) in [5, 5.41) is 10.7. The number of esters is 2. The molecule has 4 aliphatic heterocycles. The van der Waals surface area contributed by atoms with Gasteiger partial charge in [-0.1, -0.05) is 38.2 Å². The van der Waals surface area contributed by atoms with Crippen molar-refractivity contribution in [1.82, 2.24) is 0 Å². The van der Waals surface area contributed by atoms with Crippen molar-refractivity contribution in [2.24, 2.45) is 0 Å². The maximum absolute atomic E-state index is 11.7. The third-order valence-corrected chi connectivity index (χ3v) is 7.92. The summed E-state index contributed by atoms with van der Waals surface area (Å²) in [5.74, 6) is -0.0599. The Hall–Kier alpha value is -2.62. The lowest BCUT2D eigenvalue weighted by atomic mass is 9.91. The molecule has 0 bridgehead atoms. The van der Waals surface area contributed by atoms with Crippen LogP contribution < -0.4 is 9.47 Å². The Morgan fingerprint density at radius 2 is 1.87 bits per heavy atom. The monoisotopic (exact) mass is 544 g/mol. The van der Waals surface area contributed by atoms with Crippen LogP contribution in [0.3, 0.4) is 0 Å². The van der Waals surface area contributed by atoms with E-state index >= 15 is 0 Å². The fraction of sp³-hybridized carbons (Fsp3) is 0.667. The topological polar surface area (TPSA) is 110 Å². The van der Waals surface area contributed by atoms with Gasteiger partial charge in [-0.3, -0.25) is 4.79 Å². The fourth-order valence-corrected chi connectivity index (χ4v) is 6.16. The highest BCUT2D eigenvalue weighted by Gasteiger charge is 2.54. The molecule has 5 rings (SSSR count). The predicted octanol–water partition coefficient (Wildman–Crippen LogP) is 4.52. The second-order valence-electron chi connectivity index (χ2n) is 11.2. The van der Waals surface area contributed by atoms with E-state index in [0.717, 1.165) is 43.6 Å². The average Bonchev–Trinajstić information content (AvgIpc) is 3.48. The van der Waals surface area contributed by atoms with Crippen LogP contribution in [0, 0.1) is 0 Å². The van der Waals surface area contributed by atoms with Crippen molar-refractivity contribution in [1.29, 1.82) is 0 Å². The number of aryl methyl sites for hydroxylation is 1. The van der Waals surface area contributed by atoms with E-state index in [9.17, 15) is 14.7 Å². The summed E-state index contributed by atoms with van der Waals surface area (Å²) < 4.78 is 34.3. The Kier molecular flexibility index (Phi) is 9.10. The first-order valence-corrected chi connectivity index (χ1v) is 14.4. The Labute approximate surface area is 229 Å². The fourth-order valence-electron chi connectivity index (χ4n) is 6.16. The highest BCUT2D eigenvalue weighted by Crippen LogP contribution is 2.44. The maximum atomic E-state index is 11.7. The molecule has 1 aromatic carbocycles. The molecule has 0 aliphatic carbocycles. The minimum atomic E-state index is -0.992. The summed E-state index contributed by atoms with van der Waals surface area (Å²) in [7, 11) is 0. The average molecular weight is 545 g/mol. The van der Waals surface area contributed by atoms with Gasteiger partial charge in [0.1, 0.15) is 18.3 Å². The second-order valence-corrected chi connectivity index (χ2v) is 11.2. The Morgan fingerprint density at radius 3 is 2.72 bits per heavy atom. The van der Waals surface area contributed by atoms with Gasteiger partial charge >= 0.3 is 11.9 Å². The Balaban J connectivity index is 0.995. The molecule has 0 radical (unpaired) electrons. The van der Waals surface area contributed by atoms with Crippen molar-refractivity contribution in [3.8, 4) is 11.5 Å². The molecular weight excluding hydrogens is 504 g/mol. The smallest absolute Gasteiger partial charge is 0.330 e.